The molecule has 162 valence electrons. The molecule has 4 rings (SSSR count). The predicted octanol–water partition coefficient (Wildman–Crippen LogP) is 6.27. The largest absolute Gasteiger partial charge is 0.322 e. The average Bonchev–Trinajstić information content (AvgIpc) is 2.76. The molecule has 1 N–H and O–H groups in total. The highest BCUT2D eigenvalue weighted by Crippen LogP contribution is 2.26. The highest BCUT2D eigenvalue weighted by Gasteiger charge is 2.19. The van der Waals surface area contributed by atoms with Gasteiger partial charge >= 0.3 is 6.03 Å². The van der Waals surface area contributed by atoms with E-state index in [4.69, 9.17) is 11.6 Å². The first-order valence-electron chi connectivity index (χ1n) is 10.2. The lowest BCUT2D eigenvalue weighted by molar-refractivity contribution is 0.206. The van der Waals surface area contributed by atoms with Gasteiger partial charge in [0.15, 0.2) is 0 Å². The minimum Gasteiger partial charge on any atom is -0.316 e. The number of benzene rings is 2. The molecule has 0 spiro atoms. The van der Waals surface area contributed by atoms with E-state index in [2.05, 4.69) is 21.4 Å². The van der Waals surface area contributed by atoms with Crippen LogP contribution in [0.15, 0.2) is 67.0 Å². The number of anilines is 1. The number of nitrogens with one attached hydrogen (secondary N) is 1. The molecule has 0 unspecified atom stereocenters. The fourth-order valence-electron chi connectivity index (χ4n) is 3.63. The summed E-state index contributed by atoms with van der Waals surface area (Å²) < 4.78 is 14.1. The van der Waals surface area contributed by atoms with Crippen LogP contribution in [-0.4, -0.2) is 20.9 Å². The van der Waals surface area contributed by atoms with Gasteiger partial charge in [-0.05, 0) is 60.9 Å². The van der Waals surface area contributed by atoms with Crippen molar-refractivity contribution in [2.24, 2.45) is 0 Å². The Kier molecular flexibility index (Phi) is 6.32. The number of hydrogen-bond donors (Lipinski definition) is 1. The van der Waals surface area contributed by atoms with Gasteiger partial charge in [-0.1, -0.05) is 35.9 Å². The number of para-hydroxylation sites is 1. The molecule has 2 heterocycles. The topological polar surface area (TPSA) is 58.1 Å². The third-order valence-electron chi connectivity index (χ3n) is 5.17. The molecule has 0 atom stereocenters. The smallest absolute Gasteiger partial charge is 0.316 e. The summed E-state index contributed by atoms with van der Waals surface area (Å²) in [5.74, 6) is -0.501. The van der Waals surface area contributed by atoms with Crippen molar-refractivity contribution in [3.8, 4) is 0 Å². The monoisotopic (exact) mass is 448 g/mol. The summed E-state index contributed by atoms with van der Waals surface area (Å²) in [7, 11) is 0. The maximum atomic E-state index is 14.1. The maximum Gasteiger partial charge on any atom is 0.322 e. The number of aromatic nitrogens is 2. The summed E-state index contributed by atoms with van der Waals surface area (Å²) in [5, 5.41) is 3.96. The average molecular weight is 449 g/mol. The molecule has 0 aliphatic rings. The number of carbonyl (C=O) groups is 1. The molecule has 0 saturated heterocycles. The van der Waals surface area contributed by atoms with Crippen molar-refractivity contribution in [1.82, 2.24) is 14.9 Å². The van der Waals surface area contributed by atoms with Gasteiger partial charge in [0.2, 0.25) is 0 Å². The van der Waals surface area contributed by atoms with Crippen LogP contribution in [0.4, 0.5) is 14.9 Å². The van der Waals surface area contributed by atoms with E-state index >= 15 is 0 Å². The highest BCUT2D eigenvalue weighted by atomic mass is 35.5. The Bertz CT molecular complexity index is 1280. The van der Waals surface area contributed by atoms with Crippen LogP contribution >= 0.6 is 11.6 Å². The number of pyridine rings is 2. The van der Waals surface area contributed by atoms with Crippen LogP contribution in [0.3, 0.4) is 0 Å². The van der Waals surface area contributed by atoms with Gasteiger partial charge in [0.25, 0.3) is 0 Å². The molecule has 2 amide bonds. The molecule has 0 bridgehead atoms. The van der Waals surface area contributed by atoms with E-state index in [1.165, 1.54) is 12.1 Å². The Balaban J connectivity index is 1.67. The molecule has 0 fully saturated rings. The van der Waals surface area contributed by atoms with Crippen molar-refractivity contribution in [3.63, 3.8) is 0 Å². The maximum absolute atomic E-state index is 14.1. The van der Waals surface area contributed by atoms with Gasteiger partial charge in [0.1, 0.15) is 11.0 Å². The number of halogens is 2. The van der Waals surface area contributed by atoms with Gasteiger partial charge in [-0.2, -0.15) is 0 Å². The number of urea groups is 1. The standard InChI is InChI=1S/C25H22ClFN4O/c1-16-10-17(2)20-12-19(24(26)29-23(20)11-16)15-31(14-18-6-5-9-28-13-18)25(32)30-22-8-4-3-7-21(22)27/h3-13H,14-15H2,1-2H3,(H,30,32). The van der Waals surface area contributed by atoms with E-state index in [1.54, 1.807) is 35.5 Å². The molecule has 7 heteroatoms. The van der Waals surface area contributed by atoms with Crippen LogP contribution in [0.25, 0.3) is 10.9 Å². The van der Waals surface area contributed by atoms with Crippen molar-refractivity contribution in [2.45, 2.75) is 26.9 Å². The number of fused-ring (bicyclic) bond motifs is 1. The van der Waals surface area contributed by atoms with Crippen LogP contribution in [0.5, 0.6) is 0 Å². The van der Waals surface area contributed by atoms with E-state index < -0.39 is 11.8 Å². The van der Waals surface area contributed by atoms with E-state index in [9.17, 15) is 9.18 Å². The second-order valence-corrected chi connectivity index (χ2v) is 8.07. The minimum atomic E-state index is -0.501. The number of hydrogen-bond acceptors (Lipinski definition) is 3. The fraction of sp³-hybridized carbons (Fsp3) is 0.160. The molecule has 0 aliphatic heterocycles. The van der Waals surface area contributed by atoms with Crippen molar-refractivity contribution in [2.75, 3.05) is 5.32 Å². The van der Waals surface area contributed by atoms with Gasteiger partial charge in [-0.15, -0.1) is 0 Å². The van der Waals surface area contributed by atoms with E-state index in [0.29, 0.717) is 10.7 Å². The second kappa shape index (κ2) is 9.32. The zero-order chi connectivity index (χ0) is 22.7. The Labute approximate surface area is 190 Å². The van der Waals surface area contributed by atoms with Crippen LogP contribution < -0.4 is 5.32 Å². The first-order chi connectivity index (χ1) is 15.4. The Morgan fingerprint density at radius 2 is 1.91 bits per heavy atom. The van der Waals surface area contributed by atoms with Gasteiger partial charge in [-0.3, -0.25) is 4.98 Å². The predicted molar refractivity (Wildman–Crippen MR) is 125 cm³/mol. The molecule has 2 aromatic heterocycles. The minimum absolute atomic E-state index is 0.114. The lowest BCUT2D eigenvalue weighted by Gasteiger charge is -2.24. The first kappa shape index (κ1) is 21.7. The highest BCUT2D eigenvalue weighted by molar-refractivity contribution is 6.30. The molecule has 5 nitrogen and oxygen atoms in total. The SMILES string of the molecule is Cc1cc(C)c2cc(CN(Cc3cccnc3)C(=O)Nc3ccccc3F)c(Cl)nc2c1. The van der Waals surface area contributed by atoms with E-state index in [1.807, 2.05) is 32.0 Å². The number of amides is 2. The molecule has 4 aromatic rings. The normalized spacial score (nSPS) is 10.9. The molecule has 0 aliphatic carbocycles. The molecular formula is C25H22ClFN4O. The first-order valence-corrected chi connectivity index (χ1v) is 10.5. The Hall–Kier alpha value is -3.51. The third-order valence-corrected chi connectivity index (χ3v) is 5.50. The molecule has 0 saturated carbocycles. The molecule has 2 aromatic carbocycles. The summed E-state index contributed by atoms with van der Waals surface area (Å²) in [4.78, 5) is 23.4. The summed E-state index contributed by atoms with van der Waals surface area (Å²) in [6.07, 6.45) is 3.36. The fourth-order valence-corrected chi connectivity index (χ4v) is 3.84. The number of rotatable bonds is 5. The van der Waals surface area contributed by atoms with Crippen LogP contribution in [0.1, 0.15) is 22.3 Å². The summed E-state index contributed by atoms with van der Waals surface area (Å²) in [6, 6.07) is 15.3. The van der Waals surface area contributed by atoms with Crippen molar-refractivity contribution >= 4 is 34.2 Å². The molecule has 0 radical (unpaired) electrons. The quantitative estimate of drug-likeness (QED) is 0.366. The van der Waals surface area contributed by atoms with E-state index in [0.717, 1.165) is 27.6 Å². The summed E-state index contributed by atoms with van der Waals surface area (Å²) >= 11 is 6.50. The summed E-state index contributed by atoms with van der Waals surface area (Å²) in [6.45, 7) is 4.51. The van der Waals surface area contributed by atoms with Crippen molar-refractivity contribution < 1.29 is 9.18 Å². The third kappa shape index (κ3) is 4.86. The molecular weight excluding hydrogens is 427 g/mol. The van der Waals surface area contributed by atoms with Crippen molar-refractivity contribution in [3.05, 3.63) is 100 Å². The zero-order valence-electron chi connectivity index (χ0n) is 17.8. The van der Waals surface area contributed by atoms with E-state index in [-0.39, 0.29) is 18.8 Å². The lowest BCUT2D eigenvalue weighted by atomic mass is 10.0. The number of nitrogens with zero attached hydrogens (tertiary/aromatic N) is 3. The zero-order valence-corrected chi connectivity index (χ0v) is 18.5. The molecule has 32 heavy (non-hydrogen) atoms. The van der Waals surface area contributed by atoms with Crippen molar-refractivity contribution in [1.29, 1.82) is 0 Å². The van der Waals surface area contributed by atoms with Gasteiger partial charge in [0, 0.05) is 29.9 Å². The number of carbonyl (C=O) groups excluding carboxylic acids is 1. The lowest BCUT2D eigenvalue weighted by Crippen LogP contribution is -2.34. The van der Waals surface area contributed by atoms with Gasteiger partial charge in [0.05, 0.1) is 17.7 Å². The van der Waals surface area contributed by atoms with Crippen LogP contribution in [0, 0.1) is 19.7 Å². The number of aryl methyl sites for hydroxylation is 2. The second-order valence-electron chi connectivity index (χ2n) is 7.71. The van der Waals surface area contributed by atoms with Gasteiger partial charge < -0.3 is 10.2 Å². The van der Waals surface area contributed by atoms with Gasteiger partial charge in [-0.25, -0.2) is 14.2 Å². The van der Waals surface area contributed by atoms with Crippen LogP contribution in [0.2, 0.25) is 5.15 Å². The Morgan fingerprint density at radius 3 is 2.66 bits per heavy atom. The Morgan fingerprint density at radius 1 is 1.09 bits per heavy atom. The summed E-state index contributed by atoms with van der Waals surface area (Å²) in [5.41, 5.74) is 4.66. The van der Waals surface area contributed by atoms with Crippen LogP contribution in [-0.2, 0) is 13.1 Å².